The van der Waals surface area contributed by atoms with Crippen molar-refractivity contribution in [3.63, 3.8) is 0 Å². The normalized spacial score (nSPS) is 25.2. The van der Waals surface area contributed by atoms with Gasteiger partial charge in [0, 0.05) is 5.02 Å². The van der Waals surface area contributed by atoms with Crippen molar-refractivity contribution in [3.8, 4) is 0 Å². The summed E-state index contributed by atoms with van der Waals surface area (Å²) >= 11 is 5.62. The molecule has 1 heterocycles. The van der Waals surface area contributed by atoms with Crippen molar-refractivity contribution in [2.45, 2.75) is 32.2 Å². The Kier molecular flexibility index (Phi) is 5.54. The van der Waals surface area contributed by atoms with Crippen molar-refractivity contribution < 1.29 is 27.6 Å². The van der Waals surface area contributed by atoms with E-state index in [1.165, 1.54) is 12.1 Å². The Morgan fingerprint density at radius 2 is 1.96 bits per heavy atom. The molecule has 0 saturated carbocycles. The number of hydrogen-bond donors (Lipinski definition) is 2. The molecule has 128 valence electrons. The summed E-state index contributed by atoms with van der Waals surface area (Å²) in [5, 5.41) is 2.31. The third-order valence-corrected chi connectivity index (χ3v) is 3.82. The van der Waals surface area contributed by atoms with Crippen LogP contribution in [0.25, 0.3) is 0 Å². The first-order chi connectivity index (χ1) is 10.6. The molecule has 2 N–H and O–H groups in total. The molecule has 2 atom stereocenters. The number of ether oxygens (including phenoxy) is 1. The summed E-state index contributed by atoms with van der Waals surface area (Å²) < 4.78 is 44.6. The van der Waals surface area contributed by atoms with E-state index in [1.54, 1.807) is 0 Å². The highest BCUT2D eigenvalue weighted by Crippen LogP contribution is 2.36. The Bertz CT molecular complexity index is 570. The van der Waals surface area contributed by atoms with E-state index in [0.717, 1.165) is 11.0 Å². The third-order valence-electron chi connectivity index (χ3n) is 3.59. The molecular weight excluding hydrogens is 333 g/mol. The molecular formula is C15H19ClF3N2O2+. The summed E-state index contributed by atoms with van der Waals surface area (Å²) in [5.74, 6) is -0.464. The second-order valence-electron chi connectivity index (χ2n) is 5.83. The van der Waals surface area contributed by atoms with Crippen molar-refractivity contribution in [2.75, 3.05) is 25.0 Å². The number of quaternary nitrogens is 1. The first-order valence-corrected chi connectivity index (χ1v) is 7.68. The number of halogens is 4. The molecule has 2 rings (SSSR count). The second-order valence-corrected chi connectivity index (χ2v) is 6.26. The summed E-state index contributed by atoms with van der Waals surface area (Å²) in [6.45, 7) is 5.20. The number of rotatable bonds is 3. The van der Waals surface area contributed by atoms with Gasteiger partial charge in [-0.25, -0.2) is 0 Å². The lowest BCUT2D eigenvalue weighted by Gasteiger charge is -2.32. The average Bonchev–Trinajstić information content (AvgIpc) is 2.38. The van der Waals surface area contributed by atoms with E-state index in [2.05, 4.69) is 5.32 Å². The van der Waals surface area contributed by atoms with Crippen LogP contribution in [0, 0.1) is 0 Å². The van der Waals surface area contributed by atoms with Crippen LogP contribution in [-0.2, 0) is 15.7 Å². The Balaban J connectivity index is 2.06. The predicted octanol–water partition coefficient (Wildman–Crippen LogP) is 1.99. The zero-order valence-electron chi connectivity index (χ0n) is 12.8. The van der Waals surface area contributed by atoms with Gasteiger partial charge in [0.1, 0.15) is 25.3 Å². The zero-order valence-corrected chi connectivity index (χ0v) is 13.6. The number of nitrogens with one attached hydrogen (secondary N) is 2. The molecule has 0 aliphatic carbocycles. The van der Waals surface area contributed by atoms with E-state index in [4.69, 9.17) is 16.3 Å². The zero-order chi connectivity index (χ0) is 17.2. The lowest BCUT2D eigenvalue weighted by Crippen LogP contribution is -3.16. The van der Waals surface area contributed by atoms with Crippen LogP contribution in [-0.4, -0.2) is 37.7 Å². The maximum Gasteiger partial charge on any atom is 0.418 e. The molecule has 8 heteroatoms. The highest BCUT2D eigenvalue weighted by Gasteiger charge is 2.34. The molecule has 1 amide bonds. The van der Waals surface area contributed by atoms with Gasteiger partial charge in [-0.15, -0.1) is 0 Å². The van der Waals surface area contributed by atoms with E-state index < -0.39 is 17.6 Å². The van der Waals surface area contributed by atoms with Crippen LogP contribution in [0.15, 0.2) is 18.2 Å². The van der Waals surface area contributed by atoms with E-state index in [9.17, 15) is 18.0 Å². The van der Waals surface area contributed by atoms with Gasteiger partial charge in [0.15, 0.2) is 6.54 Å². The van der Waals surface area contributed by atoms with E-state index in [0.29, 0.717) is 13.1 Å². The van der Waals surface area contributed by atoms with Crippen LogP contribution in [0.4, 0.5) is 18.9 Å². The number of morpholine rings is 1. The van der Waals surface area contributed by atoms with Gasteiger partial charge < -0.3 is 15.0 Å². The van der Waals surface area contributed by atoms with Crippen molar-refractivity contribution in [1.82, 2.24) is 0 Å². The number of alkyl halides is 3. The molecule has 1 aromatic carbocycles. The molecule has 0 spiro atoms. The fraction of sp³-hybridized carbons (Fsp3) is 0.533. The maximum atomic E-state index is 13.0. The average molecular weight is 352 g/mol. The Hall–Kier alpha value is -1.31. The van der Waals surface area contributed by atoms with Crippen molar-refractivity contribution >= 4 is 23.2 Å². The topological polar surface area (TPSA) is 42.8 Å². The van der Waals surface area contributed by atoms with Crippen LogP contribution in [0.1, 0.15) is 19.4 Å². The van der Waals surface area contributed by atoms with Gasteiger partial charge >= 0.3 is 6.18 Å². The van der Waals surface area contributed by atoms with Crippen LogP contribution >= 0.6 is 11.6 Å². The van der Waals surface area contributed by atoms with Crippen molar-refractivity contribution in [2.24, 2.45) is 0 Å². The minimum Gasteiger partial charge on any atom is -0.364 e. The maximum absolute atomic E-state index is 13.0. The van der Waals surface area contributed by atoms with Gasteiger partial charge in [0.05, 0.1) is 11.3 Å². The fourth-order valence-electron chi connectivity index (χ4n) is 2.81. The Morgan fingerprint density at radius 1 is 1.35 bits per heavy atom. The Labute approximate surface area is 137 Å². The molecule has 1 aliphatic heterocycles. The van der Waals surface area contributed by atoms with Crippen molar-refractivity contribution in [3.05, 3.63) is 28.8 Å². The van der Waals surface area contributed by atoms with Crippen LogP contribution in [0.5, 0.6) is 0 Å². The molecule has 1 fully saturated rings. The monoisotopic (exact) mass is 351 g/mol. The van der Waals surface area contributed by atoms with Crippen LogP contribution < -0.4 is 10.2 Å². The molecule has 1 aromatic rings. The number of hydrogen-bond acceptors (Lipinski definition) is 2. The fourth-order valence-corrected chi connectivity index (χ4v) is 2.99. The number of carbonyl (C=O) groups excluding carboxylic acids is 1. The Morgan fingerprint density at radius 3 is 2.52 bits per heavy atom. The van der Waals surface area contributed by atoms with E-state index in [-0.39, 0.29) is 29.5 Å². The quantitative estimate of drug-likeness (QED) is 0.874. The number of benzene rings is 1. The lowest BCUT2D eigenvalue weighted by atomic mass is 10.1. The number of amides is 1. The van der Waals surface area contributed by atoms with Gasteiger partial charge in [-0.3, -0.25) is 4.79 Å². The lowest BCUT2D eigenvalue weighted by molar-refractivity contribution is -0.907. The molecule has 0 bridgehead atoms. The minimum atomic E-state index is -4.58. The minimum absolute atomic E-state index is 0.0165. The molecule has 0 unspecified atom stereocenters. The van der Waals surface area contributed by atoms with Crippen LogP contribution in [0.3, 0.4) is 0 Å². The van der Waals surface area contributed by atoms with Gasteiger partial charge in [-0.1, -0.05) is 11.6 Å². The molecule has 4 nitrogen and oxygen atoms in total. The first-order valence-electron chi connectivity index (χ1n) is 7.30. The third kappa shape index (κ3) is 5.09. The van der Waals surface area contributed by atoms with E-state index >= 15 is 0 Å². The highest BCUT2D eigenvalue weighted by atomic mass is 35.5. The summed E-state index contributed by atoms with van der Waals surface area (Å²) in [7, 11) is 0. The standard InChI is InChI=1S/C15H18ClF3N2O2/c1-9-6-21(7-10(2)23-9)8-14(22)20-13-4-3-11(16)5-12(13)15(17,18)19/h3-5,9-10H,6-8H2,1-2H3,(H,20,22)/p+1/t9-,10-/m1/s1. The summed E-state index contributed by atoms with van der Waals surface area (Å²) in [4.78, 5) is 13.1. The first kappa shape index (κ1) is 18.0. The summed E-state index contributed by atoms with van der Waals surface area (Å²) in [6.07, 6.45) is -4.55. The molecule has 0 aromatic heterocycles. The van der Waals surface area contributed by atoms with Gasteiger partial charge in [0.2, 0.25) is 0 Å². The van der Waals surface area contributed by atoms with Gasteiger partial charge in [0.25, 0.3) is 5.91 Å². The molecule has 1 aliphatic rings. The molecule has 1 saturated heterocycles. The highest BCUT2D eigenvalue weighted by molar-refractivity contribution is 6.30. The van der Waals surface area contributed by atoms with Crippen LogP contribution in [0.2, 0.25) is 5.02 Å². The van der Waals surface area contributed by atoms with Gasteiger partial charge in [-0.2, -0.15) is 13.2 Å². The predicted molar refractivity (Wildman–Crippen MR) is 80.7 cm³/mol. The number of anilines is 1. The van der Waals surface area contributed by atoms with Crippen molar-refractivity contribution in [1.29, 1.82) is 0 Å². The molecule has 0 radical (unpaired) electrons. The largest absolute Gasteiger partial charge is 0.418 e. The van der Waals surface area contributed by atoms with E-state index in [1.807, 2.05) is 13.8 Å². The summed E-state index contributed by atoms with van der Waals surface area (Å²) in [5.41, 5.74) is -1.22. The molecule has 23 heavy (non-hydrogen) atoms. The smallest absolute Gasteiger partial charge is 0.364 e. The number of carbonyl (C=O) groups is 1. The van der Waals surface area contributed by atoms with Gasteiger partial charge in [-0.05, 0) is 32.0 Å². The SMILES string of the molecule is C[C@@H]1C[NH+](CC(=O)Nc2ccc(Cl)cc2C(F)(F)F)C[C@@H](C)O1. The second kappa shape index (κ2) is 7.07. The summed E-state index contributed by atoms with van der Waals surface area (Å²) in [6, 6.07) is 3.30.